The number of benzene rings is 5. The molecule has 266 valence electrons. The quantitative estimate of drug-likeness (QED) is 0.0809. The number of ether oxygens (including phenoxy) is 2. The lowest BCUT2D eigenvalue weighted by molar-refractivity contribution is -0.122. The fourth-order valence-electron chi connectivity index (χ4n) is 7.98. The number of carbonyl (C=O) groups is 2. The number of carbonyl (C=O) groups excluding carboxylic acids is 2. The molecule has 2 aliphatic heterocycles. The van der Waals surface area contributed by atoms with E-state index >= 15 is 0 Å². The van der Waals surface area contributed by atoms with Gasteiger partial charge < -0.3 is 19.9 Å². The van der Waals surface area contributed by atoms with Crippen molar-refractivity contribution in [2.75, 3.05) is 23.4 Å². The maximum Gasteiger partial charge on any atom is 0.238 e. The van der Waals surface area contributed by atoms with Crippen molar-refractivity contribution < 1.29 is 28.6 Å². The third-order valence-electron chi connectivity index (χ3n) is 10.5. The Hall–Kier alpha value is -5.99. The van der Waals surface area contributed by atoms with E-state index in [1.807, 2.05) is 121 Å². The van der Waals surface area contributed by atoms with Crippen LogP contribution in [0.2, 0.25) is 0 Å². The largest absolute Gasteiger partial charge is 0.505 e. The zero-order valence-electron chi connectivity index (χ0n) is 29.0. The molecule has 4 atom stereocenters. The van der Waals surface area contributed by atoms with Crippen molar-refractivity contribution in [1.82, 2.24) is 0 Å². The second-order valence-corrected chi connectivity index (χ2v) is 13.8. The molecule has 0 spiro atoms. The summed E-state index contributed by atoms with van der Waals surface area (Å²) in [5.41, 5.74) is 7.03. The number of nitrogens with zero attached hydrogens (tertiary/aromatic N) is 1. The van der Waals surface area contributed by atoms with Crippen molar-refractivity contribution in [3.63, 3.8) is 0 Å². The van der Waals surface area contributed by atoms with Crippen molar-refractivity contribution in [3.8, 4) is 11.5 Å². The molecule has 0 radical (unpaired) electrons. The highest BCUT2D eigenvalue weighted by atomic mass is 19.1. The minimum atomic E-state index is -0.678. The summed E-state index contributed by atoms with van der Waals surface area (Å²) in [6.07, 6.45) is 3.27. The van der Waals surface area contributed by atoms with Gasteiger partial charge in [0.15, 0.2) is 11.6 Å². The number of imide groups is 1. The van der Waals surface area contributed by atoms with Crippen LogP contribution in [0.15, 0.2) is 145 Å². The van der Waals surface area contributed by atoms with Gasteiger partial charge in [-0.1, -0.05) is 78.9 Å². The Kier molecular flexibility index (Phi) is 9.61. The van der Waals surface area contributed by atoms with Gasteiger partial charge in [-0.2, -0.15) is 0 Å². The van der Waals surface area contributed by atoms with E-state index < -0.39 is 23.4 Å². The van der Waals surface area contributed by atoms with Crippen LogP contribution in [0.25, 0.3) is 11.6 Å². The van der Waals surface area contributed by atoms with Crippen molar-refractivity contribution in [2.45, 2.75) is 25.4 Å². The number of hydrogen-bond donors (Lipinski definition) is 2. The van der Waals surface area contributed by atoms with E-state index in [0.717, 1.165) is 39.4 Å². The number of halogens is 1. The first-order chi connectivity index (χ1) is 25.9. The SMILES string of the molecule is O=C1[C@@H]2[C@@H](CC(COc3ccccc3)=C3[C@@H](CC/C(=C/c4ccc(O)c(F)c4)c4ccccc4)OC[C@@H]32)C(=O)N1c1ccc(Nc2ccccc2)cc1. The smallest absolute Gasteiger partial charge is 0.238 e. The number of allylic oxidation sites excluding steroid dienone is 1. The number of rotatable bonds is 11. The van der Waals surface area contributed by atoms with Gasteiger partial charge in [-0.05, 0) is 108 Å². The summed E-state index contributed by atoms with van der Waals surface area (Å²) in [6.45, 7) is 0.616. The maximum absolute atomic E-state index is 14.3. The maximum atomic E-state index is 14.3. The highest BCUT2D eigenvalue weighted by Crippen LogP contribution is 2.51. The molecule has 1 aliphatic carbocycles. The summed E-state index contributed by atoms with van der Waals surface area (Å²) in [5, 5.41) is 13.1. The lowest BCUT2D eigenvalue weighted by atomic mass is 9.69. The Morgan fingerprint density at radius 3 is 2.23 bits per heavy atom. The summed E-state index contributed by atoms with van der Waals surface area (Å²) in [4.78, 5) is 29.8. The van der Waals surface area contributed by atoms with Crippen molar-refractivity contribution in [3.05, 3.63) is 162 Å². The molecular formula is C45H39FN2O5. The Morgan fingerprint density at radius 2 is 1.51 bits per heavy atom. The summed E-state index contributed by atoms with van der Waals surface area (Å²) in [5.74, 6) is -2.04. The number of aromatic hydroxyl groups is 1. The molecule has 7 nitrogen and oxygen atoms in total. The molecule has 0 unspecified atom stereocenters. The van der Waals surface area contributed by atoms with Crippen LogP contribution in [0.5, 0.6) is 11.5 Å². The Balaban J connectivity index is 1.07. The number of amides is 2. The van der Waals surface area contributed by atoms with Gasteiger partial charge in [0, 0.05) is 17.3 Å². The first kappa shape index (κ1) is 34.1. The molecule has 8 heteroatoms. The number of anilines is 3. The first-order valence-electron chi connectivity index (χ1n) is 18.0. The van der Waals surface area contributed by atoms with Gasteiger partial charge in [-0.15, -0.1) is 0 Å². The van der Waals surface area contributed by atoms with Crippen LogP contribution in [-0.2, 0) is 14.3 Å². The van der Waals surface area contributed by atoms with Crippen LogP contribution < -0.4 is 15.0 Å². The molecule has 2 N–H and O–H groups in total. The fraction of sp³-hybridized carbons (Fsp3) is 0.200. The molecule has 2 saturated heterocycles. The minimum Gasteiger partial charge on any atom is -0.505 e. The van der Waals surface area contributed by atoms with E-state index in [1.54, 1.807) is 6.07 Å². The van der Waals surface area contributed by atoms with Crippen molar-refractivity contribution in [2.24, 2.45) is 17.8 Å². The molecule has 0 bridgehead atoms. The molecule has 5 aromatic carbocycles. The Bertz CT molecular complexity index is 2170. The van der Waals surface area contributed by atoms with Crippen molar-refractivity contribution >= 4 is 40.5 Å². The second kappa shape index (κ2) is 14.9. The second-order valence-electron chi connectivity index (χ2n) is 13.8. The average molecular weight is 707 g/mol. The van der Waals surface area contributed by atoms with E-state index in [-0.39, 0.29) is 30.4 Å². The van der Waals surface area contributed by atoms with Crippen LogP contribution in [-0.4, -0.2) is 36.2 Å². The monoisotopic (exact) mass is 706 g/mol. The van der Waals surface area contributed by atoms with Crippen LogP contribution in [0.3, 0.4) is 0 Å². The molecule has 8 rings (SSSR count). The normalized spacial score (nSPS) is 21.1. The van der Waals surface area contributed by atoms with Crippen LogP contribution >= 0.6 is 0 Å². The van der Waals surface area contributed by atoms with Gasteiger partial charge in [0.25, 0.3) is 0 Å². The van der Waals surface area contributed by atoms with Gasteiger partial charge in [-0.25, -0.2) is 4.39 Å². The molecule has 5 aromatic rings. The molecular weight excluding hydrogens is 668 g/mol. The van der Waals surface area contributed by atoms with Gasteiger partial charge >= 0.3 is 0 Å². The van der Waals surface area contributed by atoms with Crippen LogP contribution in [0.1, 0.15) is 30.4 Å². The van der Waals surface area contributed by atoms with E-state index in [4.69, 9.17) is 9.47 Å². The van der Waals surface area contributed by atoms with Gasteiger partial charge in [0.1, 0.15) is 12.4 Å². The predicted molar refractivity (Wildman–Crippen MR) is 204 cm³/mol. The minimum absolute atomic E-state index is 0.195. The first-order valence-corrected chi connectivity index (χ1v) is 18.0. The molecule has 2 amide bonds. The summed E-state index contributed by atoms with van der Waals surface area (Å²) >= 11 is 0. The molecule has 0 saturated carbocycles. The van der Waals surface area contributed by atoms with E-state index in [9.17, 15) is 19.1 Å². The number of phenolic OH excluding ortho intramolecular Hbond substituents is 1. The highest BCUT2D eigenvalue weighted by Gasteiger charge is 2.57. The third-order valence-corrected chi connectivity index (χ3v) is 10.5. The fourth-order valence-corrected chi connectivity index (χ4v) is 7.98. The highest BCUT2D eigenvalue weighted by molar-refractivity contribution is 6.22. The molecule has 2 heterocycles. The summed E-state index contributed by atoms with van der Waals surface area (Å²) in [7, 11) is 0. The van der Waals surface area contributed by atoms with Crippen LogP contribution in [0.4, 0.5) is 21.5 Å². The van der Waals surface area contributed by atoms with E-state index in [2.05, 4.69) is 5.32 Å². The zero-order chi connectivity index (χ0) is 36.3. The summed E-state index contributed by atoms with van der Waals surface area (Å²) in [6, 6.07) is 41.1. The summed E-state index contributed by atoms with van der Waals surface area (Å²) < 4.78 is 27.1. The number of hydrogen-bond acceptors (Lipinski definition) is 6. The molecule has 2 fully saturated rings. The van der Waals surface area contributed by atoms with Gasteiger partial charge in [0.2, 0.25) is 11.8 Å². The number of phenols is 1. The van der Waals surface area contributed by atoms with Crippen molar-refractivity contribution in [1.29, 1.82) is 0 Å². The molecule has 53 heavy (non-hydrogen) atoms. The third kappa shape index (κ3) is 7.10. The number of para-hydroxylation sites is 2. The Morgan fingerprint density at radius 1 is 0.830 bits per heavy atom. The standard InChI is InChI=1S/C45H39FN2O5/c46-39-25-29(16-22-40(39)49)24-31(30-10-4-1-5-11-30)17-23-41-42-32(27-52-36-14-8-3-9-15-36)26-37-43(38(42)28-53-41)45(51)48(44(37)50)35-20-18-34(19-21-35)47-33-12-6-2-7-13-33/h1-16,18-22,24-25,37-38,41,43,47,49H,17,23,26-28H2/b31-24-/t37-,38+,41-,43-/m1/s1. The number of fused-ring (bicyclic) bond motifs is 3. The Labute approximate surface area is 308 Å². The lowest BCUT2D eigenvalue weighted by Gasteiger charge is -2.31. The zero-order valence-corrected chi connectivity index (χ0v) is 29.0. The predicted octanol–water partition coefficient (Wildman–Crippen LogP) is 9.20. The number of nitrogens with one attached hydrogen (secondary N) is 1. The lowest BCUT2D eigenvalue weighted by Crippen LogP contribution is -2.35. The van der Waals surface area contributed by atoms with Crippen LogP contribution in [0, 0.1) is 23.6 Å². The molecule has 0 aromatic heterocycles. The van der Waals surface area contributed by atoms with Gasteiger partial charge in [-0.3, -0.25) is 14.5 Å². The van der Waals surface area contributed by atoms with E-state index in [1.165, 1.54) is 17.0 Å². The molecule has 3 aliphatic rings. The topological polar surface area (TPSA) is 88.1 Å². The van der Waals surface area contributed by atoms with Gasteiger partial charge in [0.05, 0.1) is 30.2 Å². The average Bonchev–Trinajstić information content (AvgIpc) is 3.72. The van der Waals surface area contributed by atoms with E-state index in [0.29, 0.717) is 37.1 Å².